The Morgan fingerprint density at radius 1 is 1.39 bits per heavy atom. The predicted molar refractivity (Wildman–Crippen MR) is 112 cm³/mol. The van der Waals surface area contributed by atoms with Gasteiger partial charge in [-0.25, -0.2) is 4.98 Å². The molecule has 0 unspecified atom stereocenters. The van der Waals surface area contributed by atoms with Crippen LogP contribution in [0.15, 0.2) is 42.3 Å². The molecule has 1 aromatic carbocycles. The summed E-state index contributed by atoms with van der Waals surface area (Å²) in [5, 5.41) is 13.3. The molecule has 7 nitrogen and oxygen atoms in total. The van der Waals surface area contributed by atoms with Crippen LogP contribution < -0.4 is 4.90 Å². The monoisotopic (exact) mass is 400 g/mol. The van der Waals surface area contributed by atoms with Crippen molar-refractivity contribution in [2.45, 2.75) is 19.8 Å². The number of nitrogens with zero attached hydrogens (tertiary/aromatic N) is 4. The molecule has 0 spiro atoms. The number of anilines is 1. The fraction of sp³-hybridized carbons (Fsp3) is 0.400. The van der Waals surface area contributed by atoms with E-state index in [9.17, 15) is 14.9 Å². The summed E-state index contributed by atoms with van der Waals surface area (Å²) in [4.78, 5) is 31.7. The molecule has 1 aliphatic rings. The molecule has 0 atom stereocenters. The Bertz CT molecular complexity index is 841. The van der Waals surface area contributed by atoms with Crippen molar-refractivity contribution in [2.24, 2.45) is 5.92 Å². The second-order valence-electron chi connectivity index (χ2n) is 7.07. The lowest BCUT2D eigenvalue weighted by Gasteiger charge is -2.31. The van der Waals surface area contributed by atoms with E-state index in [1.54, 1.807) is 23.1 Å². The number of benzene rings is 1. The summed E-state index contributed by atoms with van der Waals surface area (Å²) in [6.07, 6.45) is 3.94. The lowest BCUT2D eigenvalue weighted by molar-refractivity contribution is -0.384. The smallest absolute Gasteiger partial charge is 0.269 e. The van der Waals surface area contributed by atoms with Crippen LogP contribution in [-0.4, -0.2) is 46.9 Å². The molecule has 1 aliphatic heterocycles. The average molecular weight is 401 g/mol. The first-order valence-electron chi connectivity index (χ1n) is 9.32. The minimum Gasteiger partial charge on any atom is -0.294 e. The van der Waals surface area contributed by atoms with Gasteiger partial charge in [0, 0.05) is 29.6 Å². The van der Waals surface area contributed by atoms with Gasteiger partial charge in [-0.1, -0.05) is 13.0 Å². The third kappa shape index (κ3) is 4.82. The third-order valence-corrected chi connectivity index (χ3v) is 5.81. The number of rotatable bonds is 7. The molecule has 0 bridgehead atoms. The van der Waals surface area contributed by atoms with Gasteiger partial charge in [0.25, 0.3) is 5.69 Å². The van der Waals surface area contributed by atoms with Gasteiger partial charge in [0.05, 0.1) is 17.2 Å². The van der Waals surface area contributed by atoms with Crippen molar-refractivity contribution in [1.82, 2.24) is 9.88 Å². The summed E-state index contributed by atoms with van der Waals surface area (Å²) in [6, 6.07) is 6.26. The molecule has 148 valence electrons. The standard InChI is InChI=1S/C20H24N4O3S/c1-3-10-23(19(25)13-22-11-8-15(2)9-12-22)20-21-18(14-28-20)16-4-6-17(7-5-16)24(26)27/h3-7,14-15H,1,8-13H2,2H3. The number of piperidine rings is 1. The maximum atomic E-state index is 12.9. The molecule has 1 fully saturated rings. The molecule has 1 amide bonds. The predicted octanol–water partition coefficient (Wildman–Crippen LogP) is 3.97. The van der Waals surface area contributed by atoms with Gasteiger partial charge in [-0.2, -0.15) is 0 Å². The van der Waals surface area contributed by atoms with Gasteiger partial charge < -0.3 is 0 Å². The topological polar surface area (TPSA) is 79.6 Å². The zero-order chi connectivity index (χ0) is 20.1. The first-order valence-corrected chi connectivity index (χ1v) is 10.2. The van der Waals surface area contributed by atoms with Crippen LogP contribution in [0.25, 0.3) is 11.3 Å². The largest absolute Gasteiger partial charge is 0.294 e. The van der Waals surface area contributed by atoms with Gasteiger partial charge in [0.1, 0.15) is 0 Å². The number of hydrogen-bond donors (Lipinski definition) is 0. The molecule has 1 aromatic heterocycles. The Balaban J connectivity index is 1.72. The van der Waals surface area contributed by atoms with E-state index >= 15 is 0 Å². The van der Waals surface area contributed by atoms with Crippen LogP contribution in [0, 0.1) is 16.0 Å². The highest BCUT2D eigenvalue weighted by molar-refractivity contribution is 7.14. The van der Waals surface area contributed by atoms with Crippen LogP contribution in [0.4, 0.5) is 10.8 Å². The van der Waals surface area contributed by atoms with Crippen molar-refractivity contribution in [1.29, 1.82) is 0 Å². The zero-order valence-electron chi connectivity index (χ0n) is 15.9. The second-order valence-corrected chi connectivity index (χ2v) is 7.91. The van der Waals surface area contributed by atoms with Crippen molar-refractivity contribution in [3.63, 3.8) is 0 Å². The van der Waals surface area contributed by atoms with Crippen LogP contribution in [0.2, 0.25) is 0 Å². The Hall–Kier alpha value is -2.58. The molecule has 3 rings (SSSR count). The van der Waals surface area contributed by atoms with Crippen LogP contribution in [0.3, 0.4) is 0 Å². The molecule has 0 radical (unpaired) electrons. The number of thiazole rings is 1. The fourth-order valence-corrected chi connectivity index (χ4v) is 4.05. The van der Waals surface area contributed by atoms with E-state index in [4.69, 9.17) is 0 Å². The lowest BCUT2D eigenvalue weighted by atomic mass is 9.99. The van der Waals surface area contributed by atoms with Gasteiger partial charge in [-0.3, -0.25) is 24.7 Å². The van der Waals surface area contributed by atoms with E-state index in [1.807, 2.05) is 5.38 Å². The highest BCUT2D eigenvalue weighted by Gasteiger charge is 2.23. The van der Waals surface area contributed by atoms with Crippen LogP contribution in [0.5, 0.6) is 0 Å². The average Bonchev–Trinajstić information content (AvgIpc) is 3.17. The SMILES string of the molecule is C=CCN(C(=O)CN1CCC(C)CC1)c1nc(-c2ccc([N+](=O)[O-])cc2)cs1. The van der Waals surface area contributed by atoms with Gasteiger partial charge in [-0.05, 0) is 44.0 Å². The van der Waals surface area contributed by atoms with E-state index in [0.717, 1.165) is 37.4 Å². The summed E-state index contributed by atoms with van der Waals surface area (Å²) in [5.74, 6) is 0.734. The first kappa shape index (κ1) is 20.2. The molecule has 2 aromatic rings. The number of carbonyl (C=O) groups is 1. The highest BCUT2D eigenvalue weighted by atomic mass is 32.1. The number of aromatic nitrogens is 1. The number of likely N-dealkylation sites (tertiary alicyclic amines) is 1. The maximum absolute atomic E-state index is 12.9. The molecule has 28 heavy (non-hydrogen) atoms. The van der Waals surface area contributed by atoms with Crippen molar-refractivity contribution in [3.8, 4) is 11.3 Å². The Labute approximate surface area is 168 Å². The van der Waals surface area contributed by atoms with E-state index in [1.165, 1.54) is 23.5 Å². The second kappa shape index (κ2) is 9.07. The van der Waals surface area contributed by atoms with Crippen molar-refractivity contribution in [2.75, 3.05) is 31.1 Å². The number of hydrogen-bond acceptors (Lipinski definition) is 6. The summed E-state index contributed by atoms with van der Waals surface area (Å²) in [6.45, 7) is 8.68. The normalized spacial score (nSPS) is 15.3. The molecule has 0 N–H and O–H groups in total. The number of nitro groups is 1. The summed E-state index contributed by atoms with van der Waals surface area (Å²) in [5.41, 5.74) is 1.52. The van der Waals surface area contributed by atoms with Crippen molar-refractivity contribution in [3.05, 3.63) is 52.4 Å². The fourth-order valence-electron chi connectivity index (χ4n) is 3.19. The maximum Gasteiger partial charge on any atom is 0.269 e. The van der Waals surface area contributed by atoms with E-state index in [2.05, 4.69) is 23.4 Å². The van der Waals surface area contributed by atoms with Gasteiger partial charge in [-0.15, -0.1) is 17.9 Å². The summed E-state index contributed by atoms with van der Waals surface area (Å²) < 4.78 is 0. The van der Waals surface area contributed by atoms with Crippen molar-refractivity contribution < 1.29 is 9.72 Å². The molecule has 1 saturated heterocycles. The van der Waals surface area contributed by atoms with E-state index in [0.29, 0.717) is 23.9 Å². The Morgan fingerprint density at radius 2 is 2.07 bits per heavy atom. The quantitative estimate of drug-likeness (QED) is 0.399. The van der Waals surface area contributed by atoms with Gasteiger partial charge in [0.15, 0.2) is 5.13 Å². The van der Waals surface area contributed by atoms with E-state index < -0.39 is 4.92 Å². The minimum absolute atomic E-state index is 0.0130. The van der Waals surface area contributed by atoms with Crippen molar-refractivity contribution >= 4 is 28.1 Å². The van der Waals surface area contributed by atoms with E-state index in [-0.39, 0.29) is 11.6 Å². The summed E-state index contributed by atoms with van der Waals surface area (Å²) >= 11 is 1.39. The zero-order valence-corrected chi connectivity index (χ0v) is 16.7. The third-order valence-electron chi connectivity index (χ3n) is 4.94. The molecular formula is C20H24N4O3S. The Morgan fingerprint density at radius 3 is 2.68 bits per heavy atom. The number of carbonyl (C=O) groups excluding carboxylic acids is 1. The van der Waals surface area contributed by atoms with Crippen LogP contribution in [-0.2, 0) is 4.79 Å². The molecule has 0 aliphatic carbocycles. The first-order chi connectivity index (χ1) is 13.5. The molecule has 0 saturated carbocycles. The van der Waals surface area contributed by atoms with Gasteiger partial charge in [0.2, 0.25) is 5.91 Å². The number of amides is 1. The van der Waals surface area contributed by atoms with Crippen LogP contribution >= 0.6 is 11.3 Å². The van der Waals surface area contributed by atoms with Crippen LogP contribution in [0.1, 0.15) is 19.8 Å². The van der Waals surface area contributed by atoms with Gasteiger partial charge >= 0.3 is 0 Å². The molecular weight excluding hydrogens is 376 g/mol. The number of nitro benzene ring substituents is 1. The lowest BCUT2D eigenvalue weighted by Crippen LogP contribution is -2.43. The molecule has 8 heteroatoms. The Kier molecular flexibility index (Phi) is 6.53. The molecule has 2 heterocycles. The minimum atomic E-state index is -0.428. The highest BCUT2D eigenvalue weighted by Crippen LogP contribution is 2.29. The summed E-state index contributed by atoms with van der Waals surface area (Å²) in [7, 11) is 0. The number of non-ortho nitro benzene ring substituents is 1.